The van der Waals surface area contributed by atoms with Crippen molar-refractivity contribution in [3.8, 4) is 5.75 Å². The Morgan fingerprint density at radius 1 is 1.14 bits per heavy atom. The summed E-state index contributed by atoms with van der Waals surface area (Å²) in [5.74, 6) is 2.46. The molecule has 1 aliphatic carbocycles. The molecular formula is C19H30N6O3S. The van der Waals surface area contributed by atoms with Gasteiger partial charge in [-0.3, -0.25) is 0 Å². The van der Waals surface area contributed by atoms with Gasteiger partial charge in [0.05, 0.1) is 7.11 Å². The van der Waals surface area contributed by atoms with Crippen LogP contribution < -0.4 is 20.5 Å². The summed E-state index contributed by atoms with van der Waals surface area (Å²) in [5.41, 5.74) is 6.79. The summed E-state index contributed by atoms with van der Waals surface area (Å²) in [6.45, 7) is 1.25. The molecule has 1 aromatic heterocycles. The summed E-state index contributed by atoms with van der Waals surface area (Å²) in [5, 5.41) is 4.08. The minimum atomic E-state index is -3.35. The van der Waals surface area contributed by atoms with Crippen LogP contribution in [0.15, 0.2) is 18.2 Å². The van der Waals surface area contributed by atoms with Crippen LogP contribution in [0.25, 0.3) is 10.9 Å². The lowest BCUT2D eigenvalue weighted by Gasteiger charge is -2.29. The van der Waals surface area contributed by atoms with E-state index in [0.717, 1.165) is 37.6 Å². The molecule has 0 bridgehead atoms. The van der Waals surface area contributed by atoms with Crippen LogP contribution in [0.3, 0.4) is 0 Å². The van der Waals surface area contributed by atoms with Crippen LogP contribution >= 0.6 is 0 Å². The molecule has 1 aromatic carbocycles. The van der Waals surface area contributed by atoms with Gasteiger partial charge in [-0.05, 0) is 49.7 Å². The van der Waals surface area contributed by atoms with Gasteiger partial charge in [0.2, 0.25) is 5.95 Å². The molecule has 1 fully saturated rings. The highest BCUT2D eigenvalue weighted by Crippen LogP contribution is 2.30. The lowest BCUT2D eigenvalue weighted by molar-refractivity contribution is 0.283. The van der Waals surface area contributed by atoms with Gasteiger partial charge in [-0.1, -0.05) is 6.07 Å². The Kier molecular flexibility index (Phi) is 6.76. The van der Waals surface area contributed by atoms with Crippen molar-refractivity contribution in [3.05, 3.63) is 18.2 Å². The van der Waals surface area contributed by atoms with E-state index < -0.39 is 10.2 Å². The molecule has 0 spiro atoms. The van der Waals surface area contributed by atoms with Crippen molar-refractivity contribution in [1.82, 2.24) is 19.0 Å². The lowest BCUT2D eigenvalue weighted by atomic mass is 9.82. The largest absolute Gasteiger partial charge is 0.494 e. The summed E-state index contributed by atoms with van der Waals surface area (Å²) in [4.78, 5) is 8.94. The van der Waals surface area contributed by atoms with E-state index in [9.17, 15) is 8.42 Å². The summed E-state index contributed by atoms with van der Waals surface area (Å²) in [6.07, 6.45) is 4.06. The zero-order valence-corrected chi connectivity index (χ0v) is 18.0. The van der Waals surface area contributed by atoms with Crippen LogP contribution in [0.4, 0.5) is 11.8 Å². The number of para-hydroxylation sites is 1. The Morgan fingerprint density at radius 3 is 2.41 bits per heavy atom. The van der Waals surface area contributed by atoms with E-state index in [2.05, 4.69) is 20.0 Å². The monoisotopic (exact) mass is 422 g/mol. The van der Waals surface area contributed by atoms with Gasteiger partial charge in [0.25, 0.3) is 10.2 Å². The molecule has 2 aromatic rings. The van der Waals surface area contributed by atoms with Crippen molar-refractivity contribution in [2.75, 3.05) is 45.3 Å². The molecule has 29 heavy (non-hydrogen) atoms. The number of ether oxygens (including phenoxy) is 1. The second kappa shape index (κ2) is 9.10. The van der Waals surface area contributed by atoms with Gasteiger partial charge in [0, 0.05) is 32.6 Å². The first-order valence-electron chi connectivity index (χ1n) is 9.81. The molecule has 0 amide bonds. The molecule has 3 rings (SSSR count). The van der Waals surface area contributed by atoms with Gasteiger partial charge in [0.1, 0.15) is 17.1 Å². The Morgan fingerprint density at radius 2 is 1.79 bits per heavy atom. The molecule has 4 N–H and O–H groups in total. The van der Waals surface area contributed by atoms with Crippen LogP contribution in [-0.2, 0) is 10.2 Å². The Balaban J connectivity index is 1.53. The molecule has 0 atom stereocenters. The Bertz CT molecular complexity index is 942. The summed E-state index contributed by atoms with van der Waals surface area (Å²) in [6, 6.07) is 5.60. The zero-order valence-electron chi connectivity index (χ0n) is 17.2. The van der Waals surface area contributed by atoms with Crippen LogP contribution in [0.1, 0.15) is 25.7 Å². The third-order valence-electron chi connectivity index (χ3n) is 5.49. The molecule has 0 radical (unpaired) electrons. The number of nitrogens with two attached hydrogens (primary N) is 1. The van der Waals surface area contributed by atoms with Crippen LogP contribution in [0, 0.1) is 11.8 Å². The highest BCUT2D eigenvalue weighted by atomic mass is 32.2. The number of rotatable bonds is 8. The lowest BCUT2D eigenvalue weighted by Crippen LogP contribution is -2.39. The van der Waals surface area contributed by atoms with E-state index in [0.29, 0.717) is 41.4 Å². The van der Waals surface area contributed by atoms with Gasteiger partial charge >= 0.3 is 0 Å². The number of hydrogen-bond donors (Lipinski definition) is 3. The van der Waals surface area contributed by atoms with Gasteiger partial charge in [-0.25, -0.2) is 9.71 Å². The molecule has 160 valence electrons. The van der Waals surface area contributed by atoms with Crippen LogP contribution in [0.5, 0.6) is 5.75 Å². The first-order valence-corrected chi connectivity index (χ1v) is 11.3. The van der Waals surface area contributed by atoms with E-state index >= 15 is 0 Å². The molecule has 9 nitrogen and oxygen atoms in total. The van der Waals surface area contributed by atoms with E-state index in [1.54, 1.807) is 7.11 Å². The maximum absolute atomic E-state index is 11.8. The van der Waals surface area contributed by atoms with Gasteiger partial charge in [0.15, 0.2) is 0 Å². The van der Waals surface area contributed by atoms with Gasteiger partial charge in [-0.15, -0.1) is 0 Å². The number of benzene rings is 1. The number of nitrogen functional groups attached to an aromatic ring is 1. The fraction of sp³-hybridized carbons (Fsp3) is 0.579. The topological polar surface area (TPSA) is 122 Å². The number of nitrogens with zero attached hydrogens (tertiary/aromatic N) is 3. The first kappa shape index (κ1) is 21.5. The minimum Gasteiger partial charge on any atom is -0.494 e. The van der Waals surface area contributed by atoms with E-state index in [-0.39, 0.29) is 0 Å². The summed E-state index contributed by atoms with van der Waals surface area (Å²) in [7, 11) is 1.32. The average molecular weight is 423 g/mol. The fourth-order valence-electron chi connectivity index (χ4n) is 3.62. The van der Waals surface area contributed by atoms with Crippen LogP contribution in [0.2, 0.25) is 0 Å². The SMILES string of the molecule is COc1cccc2c(N)nc(NCC3CCC(CNS(=O)(=O)N(C)C)CC3)nc12. The minimum absolute atomic E-state index is 0.373. The number of anilines is 2. The molecular weight excluding hydrogens is 392 g/mol. The summed E-state index contributed by atoms with van der Waals surface area (Å²) >= 11 is 0. The number of fused-ring (bicyclic) bond motifs is 1. The maximum Gasteiger partial charge on any atom is 0.278 e. The van der Waals surface area contributed by atoms with E-state index in [1.807, 2.05) is 18.2 Å². The van der Waals surface area contributed by atoms with Crippen molar-refractivity contribution in [1.29, 1.82) is 0 Å². The number of aromatic nitrogens is 2. The molecule has 0 aliphatic heterocycles. The molecule has 0 unspecified atom stereocenters. The fourth-order valence-corrected chi connectivity index (χ4v) is 4.33. The Hall–Kier alpha value is -2.17. The Labute approximate surface area is 172 Å². The zero-order chi connectivity index (χ0) is 21.0. The standard InChI is InChI=1S/C19H30N6O3S/c1-25(2)29(26,27)22-12-14-9-7-13(8-10-14)11-21-19-23-17-15(18(20)24-19)5-4-6-16(17)28-3/h4-6,13-14,22H,7-12H2,1-3H3,(H3,20,21,23,24). The first-order chi connectivity index (χ1) is 13.8. The highest BCUT2D eigenvalue weighted by molar-refractivity contribution is 7.87. The van der Waals surface area contributed by atoms with E-state index in [4.69, 9.17) is 10.5 Å². The van der Waals surface area contributed by atoms with E-state index in [1.165, 1.54) is 18.4 Å². The predicted molar refractivity (Wildman–Crippen MR) is 115 cm³/mol. The van der Waals surface area contributed by atoms with Gasteiger partial charge in [-0.2, -0.15) is 17.7 Å². The normalized spacial score (nSPS) is 20.1. The number of methoxy groups -OCH3 is 1. The maximum atomic E-state index is 11.8. The predicted octanol–water partition coefficient (Wildman–Crippen LogP) is 1.83. The third-order valence-corrected chi connectivity index (χ3v) is 6.98. The molecule has 1 heterocycles. The number of hydrogen-bond acceptors (Lipinski definition) is 7. The van der Waals surface area contributed by atoms with Crippen molar-refractivity contribution in [2.45, 2.75) is 25.7 Å². The van der Waals surface area contributed by atoms with Gasteiger partial charge < -0.3 is 15.8 Å². The van der Waals surface area contributed by atoms with Crippen LogP contribution in [-0.4, -0.2) is 57.0 Å². The molecule has 1 saturated carbocycles. The van der Waals surface area contributed by atoms with Crippen molar-refractivity contribution in [3.63, 3.8) is 0 Å². The quantitative estimate of drug-likeness (QED) is 0.593. The van der Waals surface area contributed by atoms with Crippen molar-refractivity contribution < 1.29 is 13.2 Å². The van der Waals surface area contributed by atoms with Crippen molar-refractivity contribution in [2.24, 2.45) is 11.8 Å². The number of nitrogens with one attached hydrogen (secondary N) is 2. The third kappa shape index (κ3) is 5.26. The second-order valence-corrected chi connectivity index (χ2v) is 9.66. The van der Waals surface area contributed by atoms with Crippen molar-refractivity contribution >= 4 is 32.9 Å². The molecule has 10 heteroatoms. The molecule has 1 aliphatic rings. The highest BCUT2D eigenvalue weighted by Gasteiger charge is 2.23. The average Bonchev–Trinajstić information content (AvgIpc) is 2.71. The molecule has 0 saturated heterocycles. The summed E-state index contributed by atoms with van der Waals surface area (Å²) < 4.78 is 32.9. The second-order valence-electron chi connectivity index (χ2n) is 7.69. The smallest absolute Gasteiger partial charge is 0.278 e.